The molecule has 0 spiro atoms. The minimum Gasteiger partial charge on any atom is -0.371 e. The first-order valence-electron chi connectivity index (χ1n) is 7.96. The topological polar surface area (TPSA) is 20.3 Å². The quantitative estimate of drug-likeness (QED) is 0.720. The molecule has 120 valence electrons. The molecule has 3 aliphatic rings. The number of fused-ring (bicyclic) bond motifs is 4. The van der Waals surface area contributed by atoms with Crippen molar-refractivity contribution >= 4 is 11.9 Å². The van der Waals surface area contributed by atoms with E-state index in [0.717, 1.165) is 41.9 Å². The van der Waals surface area contributed by atoms with Gasteiger partial charge in [-0.3, -0.25) is 4.79 Å². The molecule has 1 heterocycles. The van der Waals surface area contributed by atoms with Gasteiger partial charge in [0.05, 0.1) is 5.70 Å². The number of rotatable bonds is 0. The maximum Gasteiger partial charge on any atom is 0.180 e. The Kier molecular flexibility index (Phi) is 2.88. The molecule has 1 aliphatic heterocycles. The fourth-order valence-electron chi connectivity index (χ4n) is 4.48. The van der Waals surface area contributed by atoms with Crippen LogP contribution in [0.4, 0.5) is 8.78 Å². The third kappa shape index (κ3) is 2.00. The van der Waals surface area contributed by atoms with Crippen molar-refractivity contribution in [2.24, 2.45) is 5.41 Å². The first kappa shape index (κ1) is 14.6. The Bertz CT molecular complexity index is 804. The number of hydrogen-bond acceptors (Lipinski definition) is 2. The van der Waals surface area contributed by atoms with E-state index in [0.29, 0.717) is 11.1 Å². The fraction of sp³-hybridized carbons (Fsp3) is 0.421. The largest absolute Gasteiger partial charge is 0.371 e. The third-order valence-corrected chi connectivity index (χ3v) is 5.19. The Morgan fingerprint density at radius 3 is 2.65 bits per heavy atom. The van der Waals surface area contributed by atoms with Crippen LogP contribution in [0, 0.1) is 17.0 Å². The number of carbonyl (C=O) groups excluding carboxylic acids is 1. The van der Waals surface area contributed by atoms with E-state index < -0.39 is 11.6 Å². The summed E-state index contributed by atoms with van der Waals surface area (Å²) < 4.78 is 28.4. The number of allylic oxidation sites excluding steroid dienone is 3. The van der Waals surface area contributed by atoms with Crippen LogP contribution in [0.2, 0.25) is 0 Å². The molecular weight excluding hydrogens is 296 g/mol. The van der Waals surface area contributed by atoms with Gasteiger partial charge >= 0.3 is 0 Å². The van der Waals surface area contributed by atoms with Gasteiger partial charge in [-0.05, 0) is 41.2 Å². The van der Waals surface area contributed by atoms with Crippen LogP contribution in [0.1, 0.15) is 43.7 Å². The molecule has 4 rings (SSSR count). The maximum atomic E-state index is 14.3. The van der Waals surface area contributed by atoms with E-state index >= 15 is 0 Å². The van der Waals surface area contributed by atoms with Gasteiger partial charge in [-0.25, -0.2) is 8.78 Å². The van der Waals surface area contributed by atoms with E-state index in [4.69, 9.17) is 0 Å². The summed E-state index contributed by atoms with van der Waals surface area (Å²) in [6.45, 7) is 5.13. The van der Waals surface area contributed by atoms with E-state index in [1.165, 1.54) is 0 Å². The van der Waals surface area contributed by atoms with Gasteiger partial charge in [-0.15, -0.1) is 0 Å². The molecule has 4 heteroatoms. The highest BCUT2D eigenvalue weighted by molar-refractivity contribution is 6.01. The molecular formula is C19H19F2NO. The summed E-state index contributed by atoms with van der Waals surface area (Å²) in [6, 6.07) is 2.33. The third-order valence-electron chi connectivity index (χ3n) is 5.19. The Balaban J connectivity index is 1.92. The standard InChI is InChI=1S/C19H19F2NO/c1-19(2)8-13-10-6-12-14(20)4-5-15(21)17(12)11(10)7-16(23)18(13)22(3)9-19/h4-6,11H,7-9H2,1-3H3. The van der Waals surface area contributed by atoms with E-state index in [1.807, 2.05) is 11.9 Å². The van der Waals surface area contributed by atoms with Gasteiger partial charge in [0.1, 0.15) is 11.6 Å². The zero-order valence-corrected chi connectivity index (χ0v) is 13.5. The molecule has 1 aromatic rings. The van der Waals surface area contributed by atoms with Gasteiger partial charge < -0.3 is 4.90 Å². The minimum atomic E-state index is -0.419. The first-order chi connectivity index (χ1) is 10.8. The first-order valence-corrected chi connectivity index (χ1v) is 7.96. The molecule has 0 amide bonds. The number of nitrogens with zero attached hydrogens (tertiary/aromatic N) is 1. The van der Waals surface area contributed by atoms with Crippen molar-refractivity contribution in [3.05, 3.63) is 51.7 Å². The van der Waals surface area contributed by atoms with Crippen LogP contribution < -0.4 is 0 Å². The second-order valence-electron chi connectivity index (χ2n) is 7.66. The number of halogens is 2. The van der Waals surface area contributed by atoms with Crippen molar-refractivity contribution in [2.75, 3.05) is 13.6 Å². The highest BCUT2D eigenvalue weighted by Crippen LogP contribution is 2.52. The molecule has 0 bridgehead atoms. The Labute approximate surface area is 134 Å². The van der Waals surface area contributed by atoms with Crippen molar-refractivity contribution in [1.82, 2.24) is 4.90 Å². The zero-order valence-electron chi connectivity index (χ0n) is 13.5. The molecule has 2 nitrogen and oxygen atoms in total. The lowest BCUT2D eigenvalue weighted by Crippen LogP contribution is -2.41. The van der Waals surface area contributed by atoms with Crippen LogP contribution in [0.5, 0.6) is 0 Å². The molecule has 0 radical (unpaired) electrons. The molecule has 0 fully saturated rings. The Morgan fingerprint density at radius 1 is 1.22 bits per heavy atom. The molecule has 0 aromatic heterocycles. The smallest absolute Gasteiger partial charge is 0.180 e. The number of likely N-dealkylation sites (N-methyl/N-ethyl adjacent to an activating group) is 1. The SMILES string of the molecule is CN1CC(C)(C)CC2=C1C(=O)CC1C2=Cc2c(F)ccc(F)c21. The molecule has 1 atom stereocenters. The summed E-state index contributed by atoms with van der Waals surface area (Å²) in [5.74, 6) is -1.13. The van der Waals surface area contributed by atoms with E-state index in [1.54, 1.807) is 6.08 Å². The van der Waals surface area contributed by atoms with Crippen LogP contribution >= 0.6 is 0 Å². The summed E-state index contributed by atoms with van der Waals surface area (Å²) in [5, 5.41) is 0. The molecule has 1 unspecified atom stereocenters. The zero-order chi connectivity index (χ0) is 16.5. The predicted molar refractivity (Wildman–Crippen MR) is 84.8 cm³/mol. The molecule has 1 aromatic carbocycles. The predicted octanol–water partition coefficient (Wildman–Crippen LogP) is 4.03. The van der Waals surface area contributed by atoms with Gasteiger partial charge in [0.15, 0.2) is 5.78 Å². The second kappa shape index (κ2) is 4.53. The lowest BCUT2D eigenvalue weighted by molar-refractivity contribution is -0.118. The highest BCUT2D eigenvalue weighted by Gasteiger charge is 2.44. The van der Waals surface area contributed by atoms with Gasteiger partial charge in [0, 0.05) is 37.1 Å². The van der Waals surface area contributed by atoms with Gasteiger partial charge in [0.2, 0.25) is 0 Å². The number of carbonyl (C=O) groups is 1. The van der Waals surface area contributed by atoms with Crippen LogP contribution in [0.25, 0.3) is 6.08 Å². The molecule has 0 saturated heterocycles. The Hall–Kier alpha value is -1.97. The fourth-order valence-corrected chi connectivity index (χ4v) is 4.48. The number of Topliss-reactive ketones (excluding diaryl/α,β-unsaturated/α-hetero) is 1. The lowest BCUT2D eigenvalue weighted by atomic mass is 9.71. The molecule has 0 N–H and O–H groups in total. The lowest BCUT2D eigenvalue weighted by Gasteiger charge is -2.43. The van der Waals surface area contributed by atoms with Crippen molar-refractivity contribution < 1.29 is 13.6 Å². The van der Waals surface area contributed by atoms with Crippen LogP contribution in [0.15, 0.2) is 29.0 Å². The van der Waals surface area contributed by atoms with Crippen LogP contribution in [-0.4, -0.2) is 24.3 Å². The number of hydrogen-bond donors (Lipinski definition) is 0. The van der Waals surface area contributed by atoms with Crippen LogP contribution in [0.3, 0.4) is 0 Å². The average Bonchev–Trinajstić information content (AvgIpc) is 2.82. The van der Waals surface area contributed by atoms with Crippen molar-refractivity contribution in [3.8, 4) is 0 Å². The average molecular weight is 315 g/mol. The normalized spacial score (nSPS) is 25.1. The summed E-state index contributed by atoms with van der Waals surface area (Å²) in [4.78, 5) is 14.7. The second-order valence-corrected chi connectivity index (χ2v) is 7.66. The minimum absolute atomic E-state index is 0.0302. The van der Waals surface area contributed by atoms with Gasteiger partial charge in [0.25, 0.3) is 0 Å². The summed E-state index contributed by atoms with van der Waals surface area (Å²) in [5.41, 5.74) is 3.34. The molecule has 2 aliphatic carbocycles. The van der Waals surface area contributed by atoms with Gasteiger partial charge in [-0.2, -0.15) is 0 Å². The number of benzene rings is 1. The van der Waals surface area contributed by atoms with Crippen molar-refractivity contribution in [1.29, 1.82) is 0 Å². The number of ketones is 1. The van der Waals surface area contributed by atoms with Gasteiger partial charge in [-0.1, -0.05) is 13.8 Å². The monoisotopic (exact) mass is 315 g/mol. The molecule has 0 saturated carbocycles. The summed E-state index contributed by atoms with van der Waals surface area (Å²) in [7, 11) is 1.93. The molecule has 23 heavy (non-hydrogen) atoms. The van der Waals surface area contributed by atoms with Crippen molar-refractivity contribution in [3.63, 3.8) is 0 Å². The van der Waals surface area contributed by atoms with Crippen LogP contribution in [-0.2, 0) is 4.79 Å². The van der Waals surface area contributed by atoms with E-state index in [-0.39, 0.29) is 23.5 Å². The van der Waals surface area contributed by atoms with E-state index in [2.05, 4.69) is 13.8 Å². The summed E-state index contributed by atoms with van der Waals surface area (Å²) >= 11 is 0. The highest BCUT2D eigenvalue weighted by atomic mass is 19.1. The maximum absolute atomic E-state index is 14.3. The summed E-state index contributed by atoms with van der Waals surface area (Å²) in [6.07, 6.45) is 2.75. The van der Waals surface area contributed by atoms with E-state index in [9.17, 15) is 13.6 Å². The van der Waals surface area contributed by atoms with Crippen molar-refractivity contribution in [2.45, 2.75) is 32.6 Å². The Morgan fingerprint density at radius 2 is 1.91 bits per heavy atom.